The summed E-state index contributed by atoms with van der Waals surface area (Å²) in [5, 5.41) is 0. The van der Waals surface area contributed by atoms with Gasteiger partial charge in [-0.25, -0.2) is 0 Å². The van der Waals surface area contributed by atoms with E-state index in [1.807, 2.05) is 19.1 Å². The van der Waals surface area contributed by atoms with E-state index in [9.17, 15) is 0 Å². The zero-order valence-corrected chi connectivity index (χ0v) is 12.8. The van der Waals surface area contributed by atoms with Crippen molar-refractivity contribution in [1.82, 2.24) is 4.90 Å². The summed E-state index contributed by atoms with van der Waals surface area (Å²) in [7, 11) is 3.48. The highest BCUT2D eigenvalue weighted by atomic mass is 16.5. The first-order valence-corrected chi connectivity index (χ1v) is 7.31. The van der Waals surface area contributed by atoms with Crippen LogP contribution in [0.3, 0.4) is 0 Å². The van der Waals surface area contributed by atoms with Gasteiger partial charge in [0, 0.05) is 37.8 Å². The maximum Gasteiger partial charge on any atom is 0.123 e. The summed E-state index contributed by atoms with van der Waals surface area (Å²) in [4.78, 5) is 2.48. The van der Waals surface area contributed by atoms with Crippen LogP contribution in [0.25, 0.3) is 0 Å². The first-order valence-electron chi connectivity index (χ1n) is 7.31. The minimum absolute atomic E-state index is 0.0491. The largest absolute Gasteiger partial charge is 0.496 e. The van der Waals surface area contributed by atoms with E-state index in [1.54, 1.807) is 14.2 Å². The maximum atomic E-state index is 5.98. The van der Waals surface area contributed by atoms with Crippen LogP contribution >= 0.6 is 0 Å². The average Bonchev–Trinajstić information content (AvgIpc) is 3.27. The molecule has 0 bridgehead atoms. The third-order valence-corrected chi connectivity index (χ3v) is 3.85. The van der Waals surface area contributed by atoms with Crippen LogP contribution in [0.15, 0.2) is 18.2 Å². The van der Waals surface area contributed by atoms with Gasteiger partial charge in [0.2, 0.25) is 0 Å². The molecule has 0 heterocycles. The summed E-state index contributed by atoms with van der Waals surface area (Å²) in [6.45, 7) is 4.64. The first-order chi connectivity index (χ1) is 9.65. The molecule has 2 N–H and O–H groups in total. The van der Waals surface area contributed by atoms with Gasteiger partial charge in [0.05, 0.1) is 13.7 Å². The molecule has 20 heavy (non-hydrogen) atoms. The molecule has 1 aliphatic rings. The third kappa shape index (κ3) is 3.95. The van der Waals surface area contributed by atoms with Crippen molar-refractivity contribution in [3.05, 3.63) is 29.3 Å². The summed E-state index contributed by atoms with van der Waals surface area (Å²) in [5.41, 5.74) is 8.35. The van der Waals surface area contributed by atoms with E-state index in [2.05, 4.69) is 11.0 Å². The molecule has 1 saturated carbocycles. The number of methoxy groups -OCH3 is 2. The molecule has 4 heteroatoms. The minimum Gasteiger partial charge on any atom is -0.496 e. The van der Waals surface area contributed by atoms with Crippen molar-refractivity contribution in [2.45, 2.75) is 38.4 Å². The Kier molecular flexibility index (Phi) is 5.40. The second-order valence-corrected chi connectivity index (χ2v) is 5.55. The summed E-state index contributed by atoms with van der Waals surface area (Å²) in [6.07, 6.45) is 2.58. The zero-order chi connectivity index (χ0) is 14.5. The number of benzene rings is 1. The number of rotatable bonds is 8. The summed E-state index contributed by atoms with van der Waals surface area (Å²) >= 11 is 0. The highest BCUT2D eigenvalue weighted by molar-refractivity contribution is 5.38. The van der Waals surface area contributed by atoms with Gasteiger partial charge in [-0.3, -0.25) is 4.90 Å². The number of nitrogens with zero attached hydrogens (tertiary/aromatic N) is 1. The number of ether oxygens (including phenoxy) is 2. The number of hydrogen-bond donors (Lipinski definition) is 1. The molecule has 1 fully saturated rings. The summed E-state index contributed by atoms with van der Waals surface area (Å²) in [6, 6.07) is 6.99. The van der Waals surface area contributed by atoms with Gasteiger partial charge in [-0.1, -0.05) is 6.07 Å². The molecule has 0 aliphatic heterocycles. The van der Waals surface area contributed by atoms with Gasteiger partial charge in [-0.15, -0.1) is 0 Å². The molecule has 4 nitrogen and oxygen atoms in total. The van der Waals surface area contributed by atoms with Gasteiger partial charge in [-0.2, -0.15) is 0 Å². The SMILES string of the molecule is COCCN(Cc1cc(C(C)N)ccc1OC)C1CC1. The second-order valence-electron chi connectivity index (χ2n) is 5.55. The molecule has 112 valence electrons. The Morgan fingerprint density at radius 3 is 2.65 bits per heavy atom. The van der Waals surface area contributed by atoms with E-state index in [0.717, 1.165) is 31.0 Å². The Morgan fingerprint density at radius 2 is 2.10 bits per heavy atom. The summed E-state index contributed by atoms with van der Waals surface area (Å²) in [5.74, 6) is 0.942. The van der Waals surface area contributed by atoms with Crippen LogP contribution in [-0.4, -0.2) is 38.3 Å². The summed E-state index contributed by atoms with van der Waals surface area (Å²) < 4.78 is 10.7. The van der Waals surface area contributed by atoms with E-state index in [4.69, 9.17) is 15.2 Å². The van der Waals surface area contributed by atoms with Gasteiger partial charge < -0.3 is 15.2 Å². The van der Waals surface area contributed by atoms with Gasteiger partial charge in [0.25, 0.3) is 0 Å². The van der Waals surface area contributed by atoms with Gasteiger partial charge in [-0.05, 0) is 37.5 Å². The monoisotopic (exact) mass is 278 g/mol. The molecule has 1 aliphatic carbocycles. The lowest BCUT2D eigenvalue weighted by Gasteiger charge is -2.23. The fraction of sp³-hybridized carbons (Fsp3) is 0.625. The zero-order valence-electron chi connectivity index (χ0n) is 12.8. The van der Waals surface area contributed by atoms with Crippen LogP contribution in [-0.2, 0) is 11.3 Å². The predicted octanol–water partition coefficient (Wildman–Crippen LogP) is 2.33. The van der Waals surface area contributed by atoms with Crippen molar-refractivity contribution in [2.24, 2.45) is 5.73 Å². The Labute approximate surface area is 121 Å². The van der Waals surface area contributed by atoms with Crippen molar-refractivity contribution in [1.29, 1.82) is 0 Å². The van der Waals surface area contributed by atoms with Crippen molar-refractivity contribution in [3.63, 3.8) is 0 Å². The Bertz CT molecular complexity index is 430. The van der Waals surface area contributed by atoms with Crippen molar-refractivity contribution < 1.29 is 9.47 Å². The van der Waals surface area contributed by atoms with Gasteiger partial charge >= 0.3 is 0 Å². The molecule has 1 aromatic carbocycles. The number of hydrogen-bond acceptors (Lipinski definition) is 4. The topological polar surface area (TPSA) is 47.7 Å². The van der Waals surface area contributed by atoms with Crippen molar-refractivity contribution in [3.8, 4) is 5.75 Å². The molecule has 1 aromatic rings. The molecule has 1 atom stereocenters. The van der Waals surface area contributed by atoms with Crippen LogP contribution in [0.2, 0.25) is 0 Å². The predicted molar refractivity (Wildman–Crippen MR) is 80.9 cm³/mol. The molecule has 2 rings (SSSR count). The van der Waals surface area contributed by atoms with E-state index >= 15 is 0 Å². The fourth-order valence-electron chi connectivity index (χ4n) is 2.46. The van der Waals surface area contributed by atoms with Crippen LogP contribution in [0.5, 0.6) is 5.75 Å². The molecular weight excluding hydrogens is 252 g/mol. The van der Waals surface area contributed by atoms with Crippen LogP contribution in [0.4, 0.5) is 0 Å². The van der Waals surface area contributed by atoms with Gasteiger partial charge in [0.15, 0.2) is 0 Å². The highest BCUT2D eigenvalue weighted by Gasteiger charge is 2.29. The standard InChI is InChI=1S/C16H26N2O2/c1-12(17)13-4-7-16(20-3)14(10-13)11-18(8-9-19-2)15-5-6-15/h4,7,10,12,15H,5-6,8-9,11,17H2,1-3H3. The van der Waals surface area contributed by atoms with Crippen molar-refractivity contribution >= 4 is 0 Å². The molecule has 0 aromatic heterocycles. The minimum atomic E-state index is 0.0491. The normalized spacial score (nSPS) is 16.4. The fourth-order valence-corrected chi connectivity index (χ4v) is 2.46. The lowest BCUT2D eigenvalue weighted by Crippen LogP contribution is -2.29. The lowest BCUT2D eigenvalue weighted by atomic mass is 10.0. The molecule has 0 amide bonds. The lowest BCUT2D eigenvalue weighted by molar-refractivity contribution is 0.139. The number of nitrogens with two attached hydrogens (primary N) is 1. The average molecular weight is 278 g/mol. The Balaban J connectivity index is 2.13. The third-order valence-electron chi connectivity index (χ3n) is 3.85. The van der Waals surface area contributed by atoms with E-state index in [-0.39, 0.29) is 6.04 Å². The highest BCUT2D eigenvalue weighted by Crippen LogP contribution is 2.31. The van der Waals surface area contributed by atoms with Crippen LogP contribution in [0, 0.1) is 0 Å². The molecule has 1 unspecified atom stereocenters. The maximum absolute atomic E-state index is 5.98. The van der Waals surface area contributed by atoms with E-state index in [0.29, 0.717) is 6.04 Å². The first kappa shape index (κ1) is 15.3. The van der Waals surface area contributed by atoms with E-state index < -0.39 is 0 Å². The second kappa shape index (κ2) is 7.07. The smallest absolute Gasteiger partial charge is 0.123 e. The molecule has 0 radical (unpaired) electrons. The molecule has 0 spiro atoms. The molecule has 0 saturated heterocycles. The van der Waals surface area contributed by atoms with Gasteiger partial charge in [0.1, 0.15) is 5.75 Å². The van der Waals surface area contributed by atoms with Crippen molar-refractivity contribution in [2.75, 3.05) is 27.4 Å². The van der Waals surface area contributed by atoms with Crippen LogP contribution < -0.4 is 10.5 Å². The Hall–Kier alpha value is -1.10. The molecular formula is C16H26N2O2. The van der Waals surface area contributed by atoms with E-state index in [1.165, 1.54) is 18.4 Å². The quantitative estimate of drug-likeness (QED) is 0.793. The van der Waals surface area contributed by atoms with Crippen LogP contribution in [0.1, 0.15) is 36.9 Å². The Morgan fingerprint density at radius 1 is 1.35 bits per heavy atom.